The molecule has 0 amide bonds. The predicted molar refractivity (Wildman–Crippen MR) is 91.6 cm³/mol. The lowest BCUT2D eigenvalue weighted by atomic mass is 9.95. The van der Waals surface area contributed by atoms with Crippen molar-refractivity contribution in [2.75, 3.05) is 13.6 Å². The lowest BCUT2D eigenvalue weighted by Crippen LogP contribution is -2.23. The van der Waals surface area contributed by atoms with E-state index in [-0.39, 0.29) is 0 Å². The molecular formula is C17H24BrN3. The molecule has 0 aliphatic carbocycles. The fourth-order valence-electron chi connectivity index (χ4n) is 2.53. The second-order valence-corrected chi connectivity index (χ2v) is 6.75. The van der Waals surface area contributed by atoms with Crippen LogP contribution in [0.5, 0.6) is 0 Å². The van der Waals surface area contributed by atoms with Crippen LogP contribution in [-0.2, 0) is 12.8 Å². The van der Waals surface area contributed by atoms with Gasteiger partial charge in [-0.05, 0) is 70.0 Å². The molecule has 0 saturated carbocycles. The van der Waals surface area contributed by atoms with Gasteiger partial charge in [-0.15, -0.1) is 0 Å². The van der Waals surface area contributed by atoms with Crippen molar-refractivity contribution in [3.05, 3.63) is 52.3 Å². The van der Waals surface area contributed by atoms with Gasteiger partial charge in [-0.1, -0.05) is 28.1 Å². The van der Waals surface area contributed by atoms with Crippen molar-refractivity contribution in [2.45, 2.75) is 32.7 Å². The van der Waals surface area contributed by atoms with Crippen LogP contribution in [0.1, 0.15) is 31.1 Å². The molecule has 0 aliphatic heterocycles. The Hall–Kier alpha value is -1.13. The summed E-state index contributed by atoms with van der Waals surface area (Å²) in [5, 5.41) is 7.97. The van der Waals surface area contributed by atoms with Gasteiger partial charge in [0.05, 0.1) is 5.69 Å². The van der Waals surface area contributed by atoms with E-state index in [1.165, 1.54) is 11.3 Å². The first-order valence-electron chi connectivity index (χ1n) is 7.51. The Morgan fingerprint density at radius 3 is 2.43 bits per heavy atom. The van der Waals surface area contributed by atoms with E-state index in [0.29, 0.717) is 12.0 Å². The number of nitrogens with one attached hydrogen (secondary N) is 1. The quantitative estimate of drug-likeness (QED) is 0.822. The lowest BCUT2D eigenvalue weighted by Gasteiger charge is -2.15. The Morgan fingerprint density at radius 1 is 1.14 bits per heavy atom. The van der Waals surface area contributed by atoms with E-state index in [1.807, 2.05) is 11.7 Å². The van der Waals surface area contributed by atoms with E-state index < -0.39 is 0 Å². The number of nitrogens with zero attached hydrogens (tertiary/aromatic N) is 2. The molecular weight excluding hydrogens is 326 g/mol. The van der Waals surface area contributed by atoms with E-state index in [9.17, 15) is 0 Å². The van der Waals surface area contributed by atoms with Gasteiger partial charge in [-0.2, -0.15) is 5.10 Å². The van der Waals surface area contributed by atoms with Gasteiger partial charge in [-0.3, -0.25) is 4.68 Å². The third-order valence-electron chi connectivity index (χ3n) is 3.62. The van der Waals surface area contributed by atoms with Crippen LogP contribution < -0.4 is 5.32 Å². The smallest absolute Gasteiger partial charge is 0.0628 e. The molecule has 0 aliphatic rings. The monoisotopic (exact) mass is 349 g/mol. The van der Waals surface area contributed by atoms with Crippen LogP contribution >= 0.6 is 15.9 Å². The average molecular weight is 350 g/mol. The van der Waals surface area contributed by atoms with E-state index in [4.69, 9.17) is 0 Å². The molecule has 1 aromatic carbocycles. The first-order chi connectivity index (χ1) is 10.1. The molecule has 0 saturated heterocycles. The summed E-state index contributed by atoms with van der Waals surface area (Å²) in [5.41, 5.74) is 2.56. The summed E-state index contributed by atoms with van der Waals surface area (Å²) in [4.78, 5) is 0. The Balaban J connectivity index is 2.02. The highest BCUT2D eigenvalue weighted by Crippen LogP contribution is 2.17. The molecule has 114 valence electrons. The molecule has 0 spiro atoms. The maximum absolute atomic E-state index is 4.67. The summed E-state index contributed by atoms with van der Waals surface area (Å²) < 4.78 is 3.16. The van der Waals surface area contributed by atoms with Crippen LogP contribution in [0.25, 0.3) is 0 Å². The zero-order chi connectivity index (χ0) is 15.2. The molecule has 1 N–H and O–H groups in total. The lowest BCUT2D eigenvalue weighted by molar-refractivity contribution is 0.474. The second kappa shape index (κ2) is 7.76. The fraction of sp³-hybridized carbons (Fsp3) is 0.471. The minimum atomic E-state index is 0.424. The number of benzene rings is 1. The average Bonchev–Trinajstić information content (AvgIpc) is 2.90. The molecule has 0 fully saturated rings. The van der Waals surface area contributed by atoms with Crippen LogP contribution in [0.15, 0.2) is 41.0 Å². The summed E-state index contributed by atoms with van der Waals surface area (Å²) in [6.45, 7) is 5.32. The number of rotatable bonds is 7. The van der Waals surface area contributed by atoms with Gasteiger partial charge in [0.2, 0.25) is 0 Å². The van der Waals surface area contributed by atoms with Gasteiger partial charge in [0.15, 0.2) is 0 Å². The van der Waals surface area contributed by atoms with Crippen molar-refractivity contribution in [3.63, 3.8) is 0 Å². The summed E-state index contributed by atoms with van der Waals surface area (Å²) in [7, 11) is 2.02. The Bertz CT molecular complexity index is 545. The summed E-state index contributed by atoms with van der Waals surface area (Å²) >= 11 is 3.49. The Kier molecular flexibility index (Phi) is 6.00. The maximum atomic E-state index is 4.67. The van der Waals surface area contributed by atoms with Crippen LogP contribution in [-0.4, -0.2) is 23.4 Å². The number of halogens is 1. The SMILES string of the molecule is CNCC(Cc1ccc(Br)cc1)Cc1ccn(C(C)C)n1. The molecule has 0 radical (unpaired) electrons. The topological polar surface area (TPSA) is 29.9 Å². The van der Waals surface area contributed by atoms with Crippen LogP contribution in [0.4, 0.5) is 0 Å². The van der Waals surface area contributed by atoms with Gasteiger partial charge in [0.1, 0.15) is 0 Å². The van der Waals surface area contributed by atoms with E-state index in [2.05, 4.69) is 76.7 Å². The van der Waals surface area contributed by atoms with Crippen molar-refractivity contribution >= 4 is 15.9 Å². The standard InChI is InChI=1S/C17H24BrN3/c1-13(2)21-9-8-17(20-21)11-15(12-19-3)10-14-4-6-16(18)7-5-14/h4-9,13,15,19H,10-12H2,1-3H3. The minimum Gasteiger partial charge on any atom is -0.319 e. The first kappa shape index (κ1) is 16.2. The van der Waals surface area contributed by atoms with Crippen LogP contribution in [0.3, 0.4) is 0 Å². The zero-order valence-electron chi connectivity index (χ0n) is 13.0. The molecule has 4 heteroatoms. The van der Waals surface area contributed by atoms with Crippen molar-refractivity contribution in [1.82, 2.24) is 15.1 Å². The van der Waals surface area contributed by atoms with Crippen LogP contribution in [0.2, 0.25) is 0 Å². The molecule has 3 nitrogen and oxygen atoms in total. The first-order valence-corrected chi connectivity index (χ1v) is 8.31. The third kappa shape index (κ3) is 4.97. The summed E-state index contributed by atoms with van der Waals surface area (Å²) in [5.74, 6) is 0.562. The summed E-state index contributed by atoms with van der Waals surface area (Å²) in [6, 6.07) is 11.2. The van der Waals surface area contributed by atoms with Gasteiger partial charge in [-0.25, -0.2) is 0 Å². The van der Waals surface area contributed by atoms with Gasteiger partial charge in [0, 0.05) is 16.7 Å². The van der Waals surface area contributed by atoms with E-state index in [1.54, 1.807) is 0 Å². The zero-order valence-corrected chi connectivity index (χ0v) is 14.6. The van der Waals surface area contributed by atoms with Gasteiger partial charge < -0.3 is 5.32 Å². The van der Waals surface area contributed by atoms with Crippen molar-refractivity contribution < 1.29 is 0 Å². The molecule has 2 rings (SSSR count). The largest absolute Gasteiger partial charge is 0.319 e. The van der Waals surface area contributed by atoms with Crippen molar-refractivity contribution in [1.29, 1.82) is 0 Å². The summed E-state index contributed by atoms with van der Waals surface area (Å²) in [6.07, 6.45) is 4.16. The molecule has 1 unspecified atom stereocenters. The maximum Gasteiger partial charge on any atom is 0.0628 e. The highest BCUT2D eigenvalue weighted by molar-refractivity contribution is 9.10. The van der Waals surface area contributed by atoms with Crippen LogP contribution in [0, 0.1) is 5.92 Å². The van der Waals surface area contributed by atoms with Gasteiger partial charge >= 0.3 is 0 Å². The highest BCUT2D eigenvalue weighted by atomic mass is 79.9. The molecule has 21 heavy (non-hydrogen) atoms. The minimum absolute atomic E-state index is 0.424. The Morgan fingerprint density at radius 2 is 1.86 bits per heavy atom. The van der Waals surface area contributed by atoms with Gasteiger partial charge in [0.25, 0.3) is 0 Å². The fourth-order valence-corrected chi connectivity index (χ4v) is 2.79. The molecule has 0 bridgehead atoms. The second-order valence-electron chi connectivity index (χ2n) is 5.84. The number of hydrogen-bond donors (Lipinski definition) is 1. The van der Waals surface area contributed by atoms with E-state index >= 15 is 0 Å². The highest BCUT2D eigenvalue weighted by Gasteiger charge is 2.12. The molecule has 2 aromatic rings. The molecule has 1 heterocycles. The molecule has 1 atom stereocenters. The predicted octanol–water partition coefficient (Wildman–Crippen LogP) is 3.85. The number of aromatic nitrogens is 2. The van der Waals surface area contributed by atoms with E-state index in [0.717, 1.165) is 23.9 Å². The number of hydrogen-bond acceptors (Lipinski definition) is 2. The molecule has 1 aromatic heterocycles. The van der Waals surface area contributed by atoms with Crippen molar-refractivity contribution in [2.24, 2.45) is 5.92 Å². The normalized spacial score (nSPS) is 12.8. The third-order valence-corrected chi connectivity index (χ3v) is 4.15. The Labute approximate surface area is 135 Å². The van der Waals surface area contributed by atoms with Crippen molar-refractivity contribution in [3.8, 4) is 0 Å².